The monoisotopic (exact) mass is 437 g/mol. The van der Waals surface area contributed by atoms with Gasteiger partial charge in [-0.15, -0.1) is 0 Å². The van der Waals surface area contributed by atoms with Crippen LogP contribution in [-0.4, -0.2) is 82.4 Å². The van der Waals surface area contributed by atoms with Crippen molar-refractivity contribution in [2.75, 3.05) is 70.3 Å². The van der Waals surface area contributed by atoms with E-state index in [-0.39, 0.29) is 0 Å². The lowest BCUT2D eigenvalue weighted by molar-refractivity contribution is 0.312. The molecule has 1 unspecified atom stereocenters. The number of hydrogen-bond donors (Lipinski definition) is 2. The lowest BCUT2D eigenvalue weighted by Crippen LogP contribution is -2.46. The fourth-order valence-corrected chi connectivity index (χ4v) is 4.43. The van der Waals surface area contributed by atoms with E-state index in [2.05, 4.69) is 60.6 Å². The van der Waals surface area contributed by atoms with Crippen molar-refractivity contribution in [2.45, 2.75) is 19.0 Å². The molecule has 172 valence electrons. The Morgan fingerprint density at radius 3 is 2.69 bits per heavy atom. The van der Waals surface area contributed by atoms with Crippen LogP contribution < -0.4 is 25.2 Å². The minimum atomic E-state index is 0.331. The maximum absolute atomic E-state index is 5.54. The molecule has 1 aromatic heterocycles. The largest absolute Gasteiger partial charge is 0.495 e. The van der Waals surface area contributed by atoms with Gasteiger partial charge in [0.05, 0.1) is 12.8 Å². The third-order valence-electron chi connectivity index (χ3n) is 6.30. The van der Waals surface area contributed by atoms with Gasteiger partial charge >= 0.3 is 0 Å². The average Bonchev–Trinajstić information content (AvgIpc) is 3.31. The molecule has 0 amide bonds. The summed E-state index contributed by atoms with van der Waals surface area (Å²) in [7, 11) is 5.73. The Morgan fingerprint density at radius 1 is 1.09 bits per heavy atom. The van der Waals surface area contributed by atoms with E-state index in [1.54, 1.807) is 7.11 Å². The predicted molar refractivity (Wildman–Crippen MR) is 131 cm³/mol. The van der Waals surface area contributed by atoms with Gasteiger partial charge in [-0.05, 0) is 31.7 Å². The first-order valence-corrected chi connectivity index (χ1v) is 11.4. The highest BCUT2D eigenvalue weighted by Crippen LogP contribution is 2.30. The standard InChI is InChI=1S/C24H35N7O/c1-25-24(28-20-10-12-31(18-20)21-8-4-5-9-22(21)32-3)27-17-19-7-6-11-26-23(19)30-15-13-29(2)14-16-30/h4-9,11,20H,10,12-18H2,1-3H3,(H2,25,27,28). The molecule has 4 rings (SSSR count). The van der Waals surface area contributed by atoms with Crippen LogP contribution in [0.15, 0.2) is 47.6 Å². The molecular formula is C24H35N7O. The zero-order chi connectivity index (χ0) is 22.3. The number of likely N-dealkylation sites (N-methyl/N-ethyl adjacent to an activating group) is 1. The highest BCUT2D eigenvalue weighted by Gasteiger charge is 2.25. The van der Waals surface area contributed by atoms with E-state index in [1.807, 2.05) is 31.4 Å². The predicted octanol–water partition coefficient (Wildman–Crippen LogP) is 1.79. The Bertz CT molecular complexity index is 911. The lowest BCUT2D eigenvalue weighted by Gasteiger charge is -2.34. The molecule has 0 aliphatic carbocycles. The summed E-state index contributed by atoms with van der Waals surface area (Å²) in [6, 6.07) is 12.7. The zero-order valence-corrected chi connectivity index (χ0v) is 19.4. The summed E-state index contributed by atoms with van der Waals surface area (Å²) in [5.41, 5.74) is 2.34. The number of piperazine rings is 1. The molecule has 2 aliphatic heterocycles. The maximum Gasteiger partial charge on any atom is 0.191 e. The number of benzene rings is 1. The molecule has 2 fully saturated rings. The van der Waals surface area contributed by atoms with Crippen molar-refractivity contribution in [2.24, 2.45) is 4.99 Å². The molecule has 32 heavy (non-hydrogen) atoms. The summed E-state index contributed by atoms with van der Waals surface area (Å²) >= 11 is 0. The second-order valence-electron chi connectivity index (χ2n) is 8.45. The first-order valence-electron chi connectivity index (χ1n) is 11.4. The quantitative estimate of drug-likeness (QED) is 0.527. The van der Waals surface area contributed by atoms with Gasteiger partial charge in [-0.3, -0.25) is 4.99 Å². The number of nitrogens with zero attached hydrogens (tertiary/aromatic N) is 5. The number of nitrogens with one attached hydrogen (secondary N) is 2. The Hall–Kier alpha value is -3.00. The molecule has 0 spiro atoms. The van der Waals surface area contributed by atoms with Gasteiger partial charge in [-0.25, -0.2) is 4.98 Å². The van der Waals surface area contributed by atoms with Crippen molar-refractivity contribution in [3.63, 3.8) is 0 Å². The summed E-state index contributed by atoms with van der Waals surface area (Å²) in [6.07, 6.45) is 2.94. The van der Waals surface area contributed by atoms with Crippen LogP contribution in [-0.2, 0) is 6.54 Å². The van der Waals surface area contributed by atoms with Crippen LogP contribution in [0.3, 0.4) is 0 Å². The molecule has 0 bridgehead atoms. The highest BCUT2D eigenvalue weighted by atomic mass is 16.5. The Kier molecular flexibility index (Phi) is 7.32. The summed E-state index contributed by atoms with van der Waals surface area (Å²) in [5.74, 6) is 2.82. The van der Waals surface area contributed by atoms with Gasteiger partial charge in [0.25, 0.3) is 0 Å². The first-order chi connectivity index (χ1) is 15.7. The van der Waals surface area contributed by atoms with Gasteiger partial charge in [-0.1, -0.05) is 18.2 Å². The van der Waals surface area contributed by atoms with E-state index < -0.39 is 0 Å². The number of rotatable bonds is 6. The minimum absolute atomic E-state index is 0.331. The molecule has 2 saturated heterocycles. The van der Waals surface area contributed by atoms with Crippen molar-refractivity contribution >= 4 is 17.5 Å². The normalized spacial score (nSPS) is 19.8. The van der Waals surface area contributed by atoms with E-state index in [0.29, 0.717) is 12.6 Å². The fourth-order valence-electron chi connectivity index (χ4n) is 4.43. The lowest BCUT2D eigenvalue weighted by atomic mass is 10.2. The van der Waals surface area contributed by atoms with Crippen molar-refractivity contribution in [1.29, 1.82) is 0 Å². The third kappa shape index (κ3) is 5.24. The maximum atomic E-state index is 5.54. The zero-order valence-electron chi connectivity index (χ0n) is 19.4. The number of ether oxygens (including phenoxy) is 1. The second kappa shape index (κ2) is 10.5. The van der Waals surface area contributed by atoms with Crippen LogP contribution in [0.4, 0.5) is 11.5 Å². The number of pyridine rings is 1. The van der Waals surface area contributed by atoms with E-state index >= 15 is 0 Å². The first kappa shape index (κ1) is 22.2. The van der Waals surface area contributed by atoms with Crippen LogP contribution in [0.25, 0.3) is 0 Å². The second-order valence-corrected chi connectivity index (χ2v) is 8.45. The molecule has 1 aromatic carbocycles. The van der Waals surface area contributed by atoms with E-state index in [9.17, 15) is 0 Å². The topological polar surface area (TPSA) is 68.3 Å². The van der Waals surface area contributed by atoms with E-state index in [1.165, 1.54) is 5.56 Å². The smallest absolute Gasteiger partial charge is 0.191 e. The molecule has 8 nitrogen and oxygen atoms in total. The van der Waals surface area contributed by atoms with Gasteiger partial charge in [0.15, 0.2) is 5.96 Å². The summed E-state index contributed by atoms with van der Waals surface area (Å²) in [6.45, 7) is 6.75. The summed E-state index contributed by atoms with van der Waals surface area (Å²) in [4.78, 5) is 16.3. The summed E-state index contributed by atoms with van der Waals surface area (Å²) < 4.78 is 5.54. The van der Waals surface area contributed by atoms with E-state index in [0.717, 1.165) is 68.9 Å². The third-order valence-corrected chi connectivity index (χ3v) is 6.30. The molecule has 8 heteroatoms. The number of para-hydroxylation sites is 2. The van der Waals surface area contributed by atoms with Gasteiger partial charge < -0.3 is 30.1 Å². The molecule has 2 N–H and O–H groups in total. The SMILES string of the molecule is CN=C(NCc1cccnc1N1CCN(C)CC1)NC1CCN(c2ccccc2OC)C1. The van der Waals surface area contributed by atoms with Gasteiger partial charge in [0.2, 0.25) is 0 Å². The minimum Gasteiger partial charge on any atom is -0.495 e. The van der Waals surface area contributed by atoms with Crippen LogP contribution in [0, 0.1) is 0 Å². The van der Waals surface area contributed by atoms with E-state index in [4.69, 9.17) is 4.74 Å². The van der Waals surface area contributed by atoms with Crippen molar-refractivity contribution < 1.29 is 4.74 Å². The molecular weight excluding hydrogens is 402 g/mol. The van der Waals surface area contributed by atoms with Gasteiger partial charge in [0.1, 0.15) is 11.6 Å². The number of aromatic nitrogens is 1. The van der Waals surface area contributed by atoms with Gasteiger partial charge in [-0.2, -0.15) is 0 Å². The van der Waals surface area contributed by atoms with Crippen molar-refractivity contribution in [3.8, 4) is 5.75 Å². The molecule has 2 aromatic rings. The molecule has 3 heterocycles. The van der Waals surface area contributed by atoms with Crippen molar-refractivity contribution in [1.82, 2.24) is 20.5 Å². The van der Waals surface area contributed by atoms with Crippen LogP contribution in [0.2, 0.25) is 0 Å². The van der Waals surface area contributed by atoms with Crippen LogP contribution in [0.5, 0.6) is 5.75 Å². The fraction of sp³-hybridized carbons (Fsp3) is 0.500. The number of hydrogen-bond acceptors (Lipinski definition) is 6. The van der Waals surface area contributed by atoms with Gasteiger partial charge in [0, 0.05) is 70.7 Å². The summed E-state index contributed by atoms with van der Waals surface area (Å²) in [5, 5.41) is 7.09. The average molecular weight is 438 g/mol. The number of aliphatic imine (C=N–C) groups is 1. The molecule has 1 atom stereocenters. The van der Waals surface area contributed by atoms with Crippen LogP contribution >= 0.6 is 0 Å². The van der Waals surface area contributed by atoms with Crippen LogP contribution in [0.1, 0.15) is 12.0 Å². The number of guanidine groups is 1. The number of anilines is 2. The highest BCUT2D eigenvalue weighted by molar-refractivity contribution is 5.80. The molecule has 0 saturated carbocycles. The molecule has 0 radical (unpaired) electrons. The Labute approximate surface area is 191 Å². The Morgan fingerprint density at radius 2 is 1.91 bits per heavy atom. The van der Waals surface area contributed by atoms with Crippen molar-refractivity contribution in [3.05, 3.63) is 48.2 Å². The molecule has 2 aliphatic rings. The Balaban J connectivity index is 1.34. The number of methoxy groups -OCH3 is 1.